The fraction of sp³-hybridized carbons (Fsp3) is 0.391. The van der Waals surface area contributed by atoms with E-state index in [0.717, 1.165) is 17.7 Å². The predicted molar refractivity (Wildman–Crippen MR) is 113 cm³/mol. The highest BCUT2D eigenvalue weighted by Crippen LogP contribution is 2.29. The van der Waals surface area contributed by atoms with Crippen molar-refractivity contribution in [3.8, 4) is 0 Å². The molecule has 2 amide bonds. The van der Waals surface area contributed by atoms with Crippen LogP contribution in [0.1, 0.15) is 44.9 Å². The Labute approximate surface area is 167 Å². The standard InChI is InChI=1S/C23H29N3O2/c1-15(2)13-18-9-11-19(12-10-18)16(3)24-17(4)23(28)26-14-22(27)25-20-7-5-6-8-21(20)26/h5-12,15-17,24H,13-14H2,1-4H3,(H,25,27)/t16-,17+/m0/s1. The van der Waals surface area contributed by atoms with Crippen LogP contribution in [0.2, 0.25) is 0 Å². The fourth-order valence-corrected chi connectivity index (χ4v) is 3.62. The van der Waals surface area contributed by atoms with Gasteiger partial charge in [-0.3, -0.25) is 19.8 Å². The normalized spacial score (nSPS) is 15.8. The van der Waals surface area contributed by atoms with Crippen molar-refractivity contribution in [3.05, 3.63) is 59.7 Å². The summed E-state index contributed by atoms with van der Waals surface area (Å²) in [4.78, 5) is 26.6. The van der Waals surface area contributed by atoms with Gasteiger partial charge < -0.3 is 5.32 Å². The molecule has 148 valence electrons. The van der Waals surface area contributed by atoms with Crippen LogP contribution in [0.4, 0.5) is 11.4 Å². The largest absolute Gasteiger partial charge is 0.323 e. The summed E-state index contributed by atoms with van der Waals surface area (Å²) < 4.78 is 0. The van der Waals surface area contributed by atoms with E-state index in [1.165, 1.54) is 5.56 Å². The minimum Gasteiger partial charge on any atom is -0.323 e. The highest BCUT2D eigenvalue weighted by Gasteiger charge is 2.30. The van der Waals surface area contributed by atoms with Gasteiger partial charge in [-0.2, -0.15) is 0 Å². The molecule has 1 heterocycles. The van der Waals surface area contributed by atoms with Crippen LogP contribution >= 0.6 is 0 Å². The van der Waals surface area contributed by atoms with E-state index in [9.17, 15) is 9.59 Å². The lowest BCUT2D eigenvalue weighted by Gasteiger charge is -2.32. The van der Waals surface area contributed by atoms with Gasteiger partial charge in [-0.05, 0) is 49.4 Å². The second-order valence-corrected chi connectivity index (χ2v) is 7.94. The first kappa shape index (κ1) is 20.1. The molecule has 0 radical (unpaired) electrons. The number of nitrogens with one attached hydrogen (secondary N) is 2. The number of carbonyl (C=O) groups is 2. The highest BCUT2D eigenvalue weighted by molar-refractivity contribution is 6.11. The molecule has 2 aromatic rings. The summed E-state index contributed by atoms with van der Waals surface area (Å²) >= 11 is 0. The number of anilines is 2. The Hall–Kier alpha value is -2.66. The number of nitrogens with zero attached hydrogens (tertiary/aromatic N) is 1. The first-order valence-corrected chi connectivity index (χ1v) is 9.90. The molecule has 5 nitrogen and oxygen atoms in total. The van der Waals surface area contributed by atoms with Gasteiger partial charge in [-0.15, -0.1) is 0 Å². The molecule has 0 saturated carbocycles. The van der Waals surface area contributed by atoms with E-state index in [0.29, 0.717) is 11.6 Å². The summed E-state index contributed by atoms with van der Waals surface area (Å²) in [5, 5.41) is 6.19. The maximum Gasteiger partial charge on any atom is 0.244 e. The van der Waals surface area contributed by atoms with Crippen LogP contribution in [0.5, 0.6) is 0 Å². The van der Waals surface area contributed by atoms with E-state index in [1.54, 1.807) is 4.90 Å². The average Bonchev–Trinajstić information content (AvgIpc) is 2.66. The molecule has 0 saturated heterocycles. The van der Waals surface area contributed by atoms with Gasteiger partial charge in [0.2, 0.25) is 11.8 Å². The van der Waals surface area contributed by atoms with Crippen molar-refractivity contribution in [1.29, 1.82) is 0 Å². The Balaban J connectivity index is 1.68. The molecular formula is C23H29N3O2. The third-order valence-corrected chi connectivity index (χ3v) is 5.03. The monoisotopic (exact) mass is 379 g/mol. The van der Waals surface area contributed by atoms with Crippen LogP contribution in [-0.2, 0) is 16.0 Å². The molecule has 1 aliphatic rings. The number of benzene rings is 2. The summed E-state index contributed by atoms with van der Waals surface area (Å²) in [5.74, 6) is 0.349. The van der Waals surface area contributed by atoms with Gasteiger partial charge in [0.05, 0.1) is 17.4 Å². The van der Waals surface area contributed by atoms with Crippen molar-refractivity contribution >= 4 is 23.2 Å². The van der Waals surface area contributed by atoms with Crippen molar-refractivity contribution in [1.82, 2.24) is 5.32 Å². The quantitative estimate of drug-likeness (QED) is 0.800. The van der Waals surface area contributed by atoms with Crippen molar-refractivity contribution in [3.63, 3.8) is 0 Å². The second kappa shape index (κ2) is 8.57. The predicted octanol–water partition coefficient (Wildman–Crippen LogP) is 3.91. The van der Waals surface area contributed by atoms with Gasteiger partial charge in [-0.1, -0.05) is 50.2 Å². The maximum atomic E-state index is 13.0. The highest BCUT2D eigenvalue weighted by atomic mass is 16.2. The van der Waals surface area contributed by atoms with Crippen LogP contribution in [0.25, 0.3) is 0 Å². The van der Waals surface area contributed by atoms with Gasteiger partial charge in [0.1, 0.15) is 6.54 Å². The molecule has 0 fully saturated rings. The molecule has 28 heavy (non-hydrogen) atoms. The molecule has 1 aliphatic heterocycles. The van der Waals surface area contributed by atoms with E-state index in [-0.39, 0.29) is 24.4 Å². The molecule has 2 aromatic carbocycles. The Morgan fingerprint density at radius 3 is 2.43 bits per heavy atom. The van der Waals surface area contributed by atoms with Crippen LogP contribution in [0.3, 0.4) is 0 Å². The molecule has 2 N–H and O–H groups in total. The molecule has 0 aliphatic carbocycles. The number of amides is 2. The number of rotatable bonds is 6. The lowest BCUT2D eigenvalue weighted by Crippen LogP contribution is -2.50. The van der Waals surface area contributed by atoms with Gasteiger partial charge in [-0.25, -0.2) is 0 Å². The average molecular weight is 380 g/mol. The first-order chi connectivity index (χ1) is 13.3. The van der Waals surface area contributed by atoms with Gasteiger partial charge in [0, 0.05) is 6.04 Å². The van der Waals surface area contributed by atoms with Crippen LogP contribution < -0.4 is 15.5 Å². The molecule has 0 aromatic heterocycles. The smallest absolute Gasteiger partial charge is 0.244 e. The number of hydrogen-bond acceptors (Lipinski definition) is 3. The van der Waals surface area contributed by atoms with Crippen LogP contribution in [0.15, 0.2) is 48.5 Å². The van der Waals surface area contributed by atoms with E-state index in [1.807, 2.05) is 31.2 Å². The lowest BCUT2D eigenvalue weighted by atomic mass is 9.99. The molecule has 0 unspecified atom stereocenters. The number of para-hydroxylation sites is 2. The topological polar surface area (TPSA) is 61.4 Å². The number of fused-ring (bicyclic) bond motifs is 1. The van der Waals surface area contributed by atoms with Crippen molar-refractivity contribution in [2.75, 3.05) is 16.8 Å². The van der Waals surface area contributed by atoms with Gasteiger partial charge >= 0.3 is 0 Å². The van der Waals surface area contributed by atoms with Gasteiger partial charge in [0.25, 0.3) is 0 Å². The molecule has 5 heteroatoms. The maximum absolute atomic E-state index is 13.0. The van der Waals surface area contributed by atoms with Crippen LogP contribution in [0, 0.1) is 5.92 Å². The lowest BCUT2D eigenvalue weighted by molar-refractivity contribution is -0.123. The Kier molecular flexibility index (Phi) is 6.15. The third kappa shape index (κ3) is 4.60. The minimum absolute atomic E-state index is 0.0286. The molecule has 0 bridgehead atoms. The summed E-state index contributed by atoms with van der Waals surface area (Å²) in [6.07, 6.45) is 1.06. The fourth-order valence-electron chi connectivity index (χ4n) is 3.62. The number of hydrogen-bond donors (Lipinski definition) is 2. The second-order valence-electron chi connectivity index (χ2n) is 7.94. The third-order valence-electron chi connectivity index (χ3n) is 5.03. The molecule has 0 spiro atoms. The van der Waals surface area contributed by atoms with Gasteiger partial charge in [0.15, 0.2) is 0 Å². The van der Waals surface area contributed by atoms with Crippen molar-refractivity contribution in [2.45, 2.75) is 46.2 Å². The zero-order chi connectivity index (χ0) is 20.3. The molecular weight excluding hydrogens is 350 g/mol. The van der Waals surface area contributed by atoms with E-state index >= 15 is 0 Å². The van der Waals surface area contributed by atoms with Crippen LogP contribution in [-0.4, -0.2) is 24.4 Å². The SMILES string of the molecule is CC(C)Cc1ccc([C@H](C)N[C@H](C)C(=O)N2CC(=O)Nc3ccccc32)cc1. The van der Waals surface area contributed by atoms with Crippen molar-refractivity contribution < 1.29 is 9.59 Å². The van der Waals surface area contributed by atoms with E-state index in [2.05, 4.69) is 55.7 Å². The Bertz CT molecular complexity index is 845. The first-order valence-electron chi connectivity index (χ1n) is 9.90. The summed E-state index contributed by atoms with van der Waals surface area (Å²) in [7, 11) is 0. The van der Waals surface area contributed by atoms with Crippen molar-refractivity contribution in [2.24, 2.45) is 5.92 Å². The number of carbonyl (C=O) groups excluding carboxylic acids is 2. The molecule has 3 rings (SSSR count). The Morgan fingerprint density at radius 1 is 1.07 bits per heavy atom. The van der Waals surface area contributed by atoms with E-state index < -0.39 is 6.04 Å². The minimum atomic E-state index is -0.413. The Morgan fingerprint density at radius 2 is 1.75 bits per heavy atom. The summed E-state index contributed by atoms with van der Waals surface area (Å²) in [5.41, 5.74) is 3.88. The zero-order valence-corrected chi connectivity index (χ0v) is 17.0. The van der Waals surface area contributed by atoms with E-state index in [4.69, 9.17) is 0 Å². The molecule has 2 atom stereocenters. The zero-order valence-electron chi connectivity index (χ0n) is 17.0. The summed E-state index contributed by atoms with van der Waals surface area (Å²) in [6, 6.07) is 15.6. The summed E-state index contributed by atoms with van der Waals surface area (Å²) in [6.45, 7) is 8.37.